The van der Waals surface area contributed by atoms with Crippen molar-refractivity contribution in [2.24, 2.45) is 0 Å². The average Bonchev–Trinajstić information content (AvgIpc) is 2.91. The topological polar surface area (TPSA) is 66.5 Å². The first-order chi connectivity index (χ1) is 8.28. The van der Waals surface area contributed by atoms with Gasteiger partial charge in [-0.2, -0.15) is 17.3 Å². The maximum Gasteiger partial charge on any atom is 0.274 e. The van der Waals surface area contributed by atoms with Crippen LogP contribution in [0.2, 0.25) is 0 Å². The summed E-state index contributed by atoms with van der Waals surface area (Å²) in [6.45, 7) is 0. The Labute approximate surface area is 102 Å². The lowest BCUT2D eigenvalue weighted by atomic mass is 10.3. The molecule has 3 rings (SSSR count). The summed E-state index contributed by atoms with van der Waals surface area (Å²) in [5, 5.41) is 2.94. The maximum atomic E-state index is 11.7. The van der Waals surface area contributed by atoms with E-state index in [1.54, 1.807) is 0 Å². The fourth-order valence-corrected chi connectivity index (χ4v) is 1.89. The fraction of sp³-hybridized carbons (Fsp3) is 0.0909. The molecular weight excluding hydrogens is 236 g/mol. The van der Waals surface area contributed by atoms with Crippen molar-refractivity contribution in [2.75, 3.05) is 0 Å². The highest BCUT2D eigenvalue weighted by Crippen LogP contribution is 2.11. The maximum absolute atomic E-state index is 11.7. The molecular formula is C11H10N4OS. The summed E-state index contributed by atoms with van der Waals surface area (Å²) in [5.74, 6) is 0.979. The number of fused-ring (bicyclic) bond motifs is 1. The molecule has 0 fully saturated rings. The van der Waals surface area contributed by atoms with Crippen LogP contribution in [0.15, 0.2) is 35.1 Å². The fourth-order valence-electron chi connectivity index (χ4n) is 1.73. The molecule has 5 nitrogen and oxygen atoms in total. The normalized spacial score (nSPS) is 11.1. The van der Waals surface area contributed by atoms with E-state index in [4.69, 9.17) is 0 Å². The van der Waals surface area contributed by atoms with Crippen LogP contribution in [0.4, 0.5) is 0 Å². The number of imidazole rings is 1. The van der Waals surface area contributed by atoms with Gasteiger partial charge in [0.2, 0.25) is 5.95 Å². The number of aromatic amines is 2. The molecule has 0 aliphatic rings. The van der Waals surface area contributed by atoms with Gasteiger partial charge in [-0.05, 0) is 12.1 Å². The van der Waals surface area contributed by atoms with E-state index in [1.165, 1.54) is 10.7 Å². The second-order valence-electron chi connectivity index (χ2n) is 3.69. The van der Waals surface area contributed by atoms with Gasteiger partial charge in [-0.3, -0.25) is 9.89 Å². The molecule has 17 heavy (non-hydrogen) atoms. The predicted molar refractivity (Wildman–Crippen MR) is 68.7 cm³/mol. The third-order valence-electron chi connectivity index (χ3n) is 2.53. The van der Waals surface area contributed by atoms with Crippen molar-refractivity contribution in [1.29, 1.82) is 0 Å². The highest BCUT2D eigenvalue weighted by Gasteiger charge is 2.08. The molecule has 2 aromatic heterocycles. The van der Waals surface area contributed by atoms with E-state index < -0.39 is 0 Å². The number of aromatic nitrogens is 4. The van der Waals surface area contributed by atoms with Gasteiger partial charge in [0.05, 0.1) is 11.0 Å². The summed E-state index contributed by atoms with van der Waals surface area (Å²) in [7, 11) is 0. The standard InChI is InChI=1S/C11H10N4OS/c16-10-5-7(6-17)14-15(10)11-12-8-3-1-2-4-9(8)13-11/h1-5,14,17H,6H2,(H,12,13). The summed E-state index contributed by atoms with van der Waals surface area (Å²) < 4.78 is 1.38. The first-order valence-electron chi connectivity index (χ1n) is 5.15. The van der Waals surface area contributed by atoms with Gasteiger partial charge >= 0.3 is 0 Å². The third kappa shape index (κ3) is 1.66. The van der Waals surface area contributed by atoms with Crippen molar-refractivity contribution in [3.63, 3.8) is 0 Å². The molecule has 0 saturated carbocycles. The van der Waals surface area contributed by atoms with Gasteiger partial charge in [-0.1, -0.05) is 12.1 Å². The van der Waals surface area contributed by atoms with Crippen LogP contribution in [0.1, 0.15) is 5.69 Å². The van der Waals surface area contributed by atoms with Crippen LogP contribution >= 0.6 is 12.6 Å². The van der Waals surface area contributed by atoms with Crippen molar-refractivity contribution in [3.05, 3.63) is 46.4 Å². The molecule has 0 bridgehead atoms. The van der Waals surface area contributed by atoms with E-state index in [0.29, 0.717) is 11.7 Å². The second-order valence-corrected chi connectivity index (χ2v) is 4.01. The minimum Gasteiger partial charge on any atom is -0.322 e. The lowest BCUT2D eigenvalue weighted by Gasteiger charge is -1.94. The minimum atomic E-state index is -0.145. The van der Waals surface area contributed by atoms with Crippen molar-refractivity contribution in [1.82, 2.24) is 19.7 Å². The smallest absolute Gasteiger partial charge is 0.274 e. The minimum absolute atomic E-state index is 0.145. The van der Waals surface area contributed by atoms with Gasteiger partial charge in [0.15, 0.2) is 0 Å². The summed E-state index contributed by atoms with van der Waals surface area (Å²) >= 11 is 4.12. The summed E-state index contributed by atoms with van der Waals surface area (Å²) in [6.07, 6.45) is 0. The molecule has 0 aliphatic heterocycles. The Kier molecular flexibility index (Phi) is 2.29. The Morgan fingerprint density at radius 1 is 1.35 bits per heavy atom. The predicted octanol–water partition coefficient (Wildman–Crippen LogP) is 1.47. The molecule has 1 aromatic carbocycles. The SMILES string of the molecule is O=c1cc(CS)[nH]n1-c1nc2ccccc2[nH]1. The number of hydrogen-bond acceptors (Lipinski definition) is 3. The zero-order valence-corrected chi connectivity index (χ0v) is 9.74. The molecule has 0 unspecified atom stereocenters. The molecule has 0 atom stereocenters. The van der Waals surface area contributed by atoms with Gasteiger partial charge < -0.3 is 4.98 Å². The highest BCUT2D eigenvalue weighted by atomic mass is 32.1. The Bertz CT molecular complexity index is 691. The lowest BCUT2D eigenvalue weighted by Crippen LogP contribution is -2.14. The molecule has 0 aliphatic carbocycles. The van der Waals surface area contributed by atoms with Crippen molar-refractivity contribution >= 4 is 23.7 Å². The number of para-hydroxylation sites is 2. The third-order valence-corrected chi connectivity index (χ3v) is 2.87. The lowest BCUT2D eigenvalue weighted by molar-refractivity contribution is 0.789. The van der Waals surface area contributed by atoms with Gasteiger partial charge in [0.1, 0.15) is 0 Å². The number of rotatable bonds is 2. The Balaban J connectivity index is 2.20. The Morgan fingerprint density at radius 2 is 2.18 bits per heavy atom. The largest absolute Gasteiger partial charge is 0.322 e. The van der Waals surface area contributed by atoms with Crippen LogP contribution in [0.25, 0.3) is 17.0 Å². The van der Waals surface area contributed by atoms with Crippen LogP contribution in [-0.4, -0.2) is 19.7 Å². The molecule has 0 spiro atoms. The average molecular weight is 246 g/mol. The summed E-state index contributed by atoms with van der Waals surface area (Å²) in [6, 6.07) is 9.15. The Hall–Kier alpha value is -1.95. The van der Waals surface area contributed by atoms with Gasteiger partial charge in [0.25, 0.3) is 5.56 Å². The molecule has 86 valence electrons. The van der Waals surface area contributed by atoms with Crippen LogP contribution in [0.5, 0.6) is 0 Å². The second kappa shape index (κ2) is 3.81. The van der Waals surface area contributed by atoms with E-state index in [9.17, 15) is 4.79 Å². The van der Waals surface area contributed by atoms with Gasteiger partial charge in [-0.25, -0.2) is 4.98 Å². The molecule has 3 aromatic rings. The summed E-state index contributed by atoms with van der Waals surface area (Å²) in [5.41, 5.74) is 2.35. The zero-order valence-electron chi connectivity index (χ0n) is 8.84. The van der Waals surface area contributed by atoms with Gasteiger partial charge in [-0.15, -0.1) is 0 Å². The number of nitrogens with zero attached hydrogens (tertiary/aromatic N) is 2. The number of benzene rings is 1. The number of thiol groups is 1. The van der Waals surface area contributed by atoms with Crippen LogP contribution in [-0.2, 0) is 5.75 Å². The molecule has 2 heterocycles. The van der Waals surface area contributed by atoms with Crippen LogP contribution in [0, 0.1) is 0 Å². The van der Waals surface area contributed by atoms with E-state index in [1.807, 2.05) is 24.3 Å². The first-order valence-corrected chi connectivity index (χ1v) is 5.78. The molecule has 0 amide bonds. The molecule has 0 saturated heterocycles. The number of H-pyrrole nitrogens is 2. The summed E-state index contributed by atoms with van der Waals surface area (Å²) in [4.78, 5) is 19.1. The zero-order chi connectivity index (χ0) is 11.8. The number of hydrogen-bond donors (Lipinski definition) is 3. The quantitative estimate of drug-likeness (QED) is 0.599. The first kappa shape index (κ1) is 10.2. The van der Waals surface area contributed by atoms with Crippen molar-refractivity contribution in [2.45, 2.75) is 5.75 Å². The van der Waals surface area contributed by atoms with Crippen LogP contribution < -0.4 is 5.56 Å². The van der Waals surface area contributed by atoms with E-state index in [0.717, 1.165) is 16.7 Å². The van der Waals surface area contributed by atoms with Gasteiger partial charge in [0, 0.05) is 17.5 Å². The molecule has 6 heteroatoms. The monoisotopic (exact) mass is 246 g/mol. The highest BCUT2D eigenvalue weighted by molar-refractivity contribution is 7.79. The number of nitrogens with one attached hydrogen (secondary N) is 2. The van der Waals surface area contributed by atoms with E-state index in [2.05, 4.69) is 27.7 Å². The van der Waals surface area contributed by atoms with Crippen LogP contribution in [0.3, 0.4) is 0 Å². The van der Waals surface area contributed by atoms with E-state index in [-0.39, 0.29) is 5.56 Å². The Morgan fingerprint density at radius 3 is 2.88 bits per heavy atom. The van der Waals surface area contributed by atoms with Crippen molar-refractivity contribution < 1.29 is 0 Å². The van der Waals surface area contributed by atoms with E-state index >= 15 is 0 Å². The molecule has 2 N–H and O–H groups in total. The molecule has 0 radical (unpaired) electrons. The van der Waals surface area contributed by atoms with Crippen molar-refractivity contribution in [3.8, 4) is 5.95 Å².